The van der Waals surface area contributed by atoms with E-state index in [4.69, 9.17) is 4.74 Å². The fraction of sp³-hybridized carbons (Fsp3) is 0.120. The summed E-state index contributed by atoms with van der Waals surface area (Å²) in [6, 6.07) is 22.9. The van der Waals surface area contributed by atoms with Crippen LogP contribution in [0.3, 0.4) is 0 Å². The van der Waals surface area contributed by atoms with Crippen LogP contribution in [-0.4, -0.2) is 23.8 Å². The molecule has 0 fully saturated rings. The molecule has 7 nitrogen and oxygen atoms in total. The van der Waals surface area contributed by atoms with Crippen LogP contribution in [-0.2, 0) is 15.1 Å². The largest absolute Gasteiger partial charge is 0.467 e. The van der Waals surface area contributed by atoms with E-state index in [0.717, 1.165) is 0 Å². The van der Waals surface area contributed by atoms with Gasteiger partial charge in [0.25, 0.3) is 5.69 Å². The summed E-state index contributed by atoms with van der Waals surface area (Å²) in [5.41, 5.74) is 0.321. The van der Waals surface area contributed by atoms with Crippen molar-refractivity contribution in [2.45, 2.75) is 11.6 Å². The van der Waals surface area contributed by atoms with Gasteiger partial charge in [-0.15, -0.1) is 0 Å². The number of carbonyl (C=O) groups is 2. The van der Waals surface area contributed by atoms with Gasteiger partial charge < -0.3 is 4.74 Å². The third-order valence-corrected chi connectivity index (χ3v) is 5.50. The second-order valence-electron chi connectivity index (χ2n) is 7.39. The third kappa shape index (κ3) is 3.70. The highest BCUT2D eigenvalue weighted by molar-refractivity contribution is 6.11. The van der Waals surface area contributed by atoms with Crippen LogP contribution >= 0.6 is 0 Å². The van der Waals surface area contributed by atoms with E-state index in [9.17, 15) is 19.7 Å². The van der Waals surface area contributed by atoms with Crippen LogP contribution in [0.1, 0.15) is 27.5 Å². The number of nitrogens with one attached hydrogen (secondary N) is 1. The molecule has 0 spiro atoms. The number of non-ortho nitro benzene ring substituents is 1. The highest BCUT2D eigenvalue weighted by atomic mass is 16.6. The first-order chi connectivity index (χ1) is 15.5. The van der Waals surface area contributed by atoms with Crippen molar-refractivity contribution in [3.05, 3.63) is 123 Å². The van der Waals surface area contributed by atoms with Crippen LogP contribution < -0.4 is 5.32 Å². The number of hydrogen-bond acceptors (Lipinski definition) is 6. The number of methoxy groups -OCH3 is 1. The summed E-state index contributed by atoms with van der Waals surface area (Å²) in [5, 5.41) is 14.6. The number of nitro benzene ring substituents is 1. The molecule has 32 heavy (non-hydrogen) atoms. The van der Waals surface area contributed by atoms with Gasteiger partial charge in [0.05, 0.1) is 18.1 Å². The quantitative estimate of drug-likeness (QED) is 0.275. The molecule has 3 aromatic rings. The molecule has 1 aliphatic rings. The van der Waals surface area contributed by atoms with Gasteiger partial charge in [-0.1, -0.05) is 72.8 Å². The van der Waals surface area contributed by atoms with Crippen LogP contribution in [0, 0.1) is 10.1 Å². The number of esters is 1. The number of benzene rings is 3. The lowest BCUT2D eigenvalue weighted by Crippen LogP contribution is -2.46. The molecule has 1 aliphatic heterocycles. The maximum atomic E-state index is 13.5. The molecule has 0 saturated heterocycles. The Bertz CT molecular complexity index is 1210. The van der Waals surface area contributed by atoms with Crippen molar-refractivity contribution in [1.82, 2.24) is 5.32 Å². The second kappa shape index (κ2) is 8.56. The first-order valence-electron chi connectivity index (χ1n) is 9.95. The van der Waals surface area contributed by atoms with E-state index in [-0.39, 0.29) is 11.5 Å². The van der Waals surface area contributed by atoms with Crippen molar-refractivity contribution in [2.75, 3.05) is 7.11 Å². The van der Waals surface area contributed by atoms with Gasteiger partial charge in [0.2, 0.25) is 0 Å². The Balaban J connectivity index is 1.90. The fourth-order valence-corrected chi connectivity index (χ4v) is 3.96. The molecule has 0 aromatic heterocycles. The summed E-state index contributed by atoms with van der Waals surface area (Å²) in [7, 11) is 1.28. The number of nitrogens with zero attached hydrogens (tertiary/aromatic N) is 1. The molecule has 0 unspecified atom stereocenters. The molecule has 0 radical (unpaired) electrons. The Labute approximate surface area is 184 Å². The SMILES string of the molecule is COC(=O)[C@]1(c2ccccc2)C=C(C(=O)c2ccccc2)[C@H](c2cccc([N+](=O)[O-])c2)N1. The van der Waals surface area contributed by atoms with E-state index in [1.807, 2.05) is 6.07 Å². The van der Waals surface area contributed by atoms with Gasteiger partial charge in [-0.2, -0.15) is 0 Å². The zero-order valence-corrected chi connectivity index (χ0v) is 17.2. The lowest BCUT2D eigenvalue weighted by molar-refractivity contribution is -0.384. The topological polar surface area (TPSA) is 98.5 Å². The van der Waals surface area contributed by atoms with Crippen LogP contribution in [0.4, 0.5) is 5.69 Å². The maximum absolute atomic E-state index is 13.5. The number of rotatable bonds is 6. The van der Waals surface area contributed by atoms with Crippen LogP contribution in [0.2, 0.25) is 0 Å². The fourth-order valence-electron chi connectivity index (χ4n) is 3.96. The highest BCUT2D eigenvalue weighted by Crippen LogP contribution is 2.41. The molecule has 2 atom stereocenters. The van der Waals surface area contributed by atoms with E-state index >= 15 is 0 Å². The van der Waals surface area contributed by atoms with Gasteiger partial charge in [-0.3, -0.25) is 20.2 Å². The monoisotopic (exact) mass is 428 g/mol. The molecule has 0 bridgehead atoms. The van der Waals surface area contributed by atoms with Gasteiger partial charge >= 0.3 is 5.97 Å². The lowest BCUT2D eigenvalue weighted by Gasteiger charge is -2.28. The first kappa shape index (κ1) is 21.1. The number of ether oxygens (including phenoxy) is 1. The zero-order chi connectivity index (χ0) is 22.7. The smallest absolute Gasteiger partial charge is 0.334 e. The average molecular weight is 428 g/mol. The number of ketones is 1. The van der Waals surface area contributed by atoms with Crippen molar-refractivity contribution < 1.29 is 19.2 Å². The standard InChI is InChI=1S/C25H20N2O5/c1-32-24(29)25(19-12-6-3-7-13-19)16-21(23(28)17-9-4-2-5-10-17)22(26-25)18-11-8-14-20(15-18)27(30)31/h2-16,22,26H,1H3/t22-,25+/m0/s1. The van der Waals surface area contributed by atoms with E-state index in [0.29, 0.717) is 22.3 Å². The van der Waals surface area contributed by atoms with E-state index in [2.05, 4.69) is 5.32 Å². The minimum absolute atomic E-state index is 0.105. The van der Waals surface area contributed by atoms with Crippen molar-refractivity contribution >= 4 is 17.4 Å². The minimum Gasteiger partial charge on any atom is -0.467 e. The minimum atomic E-state index is -1.43. The Hall–Kier alpha value is -4.10. The summed E-state index contributed by atoms with van der Waals surface area (Å²) < 4.78 is 5.11. The molecule has 1 heterocycles. The van der Waals surface area contributed by atoms with Crippen molar-refractivity contribution in [2.24, 2.45) is 0 Å². The van der Waals surface area contributed by atoms with Crippen molar-refractivity contribution in [3.8, 4) is 0 Å². The molecule has 3 aromatic carbocycles. The van der Waals surface area contributed by atoms with Crippen LogP contribution in [0.15, 0.2) is 96.6 Å². The second-order valence-corrected chi connectivity index (χ2v) is 7.39. The molecule has 0 aliphatic carbocycles. The summed E-state index contributed by atoms with van der Waals surface area (Å²) in [6.45, 7) is 0. The summed E-state index contributed by atoms with van der Waals surface area (Å²) in [4.78, 5) is 37.4. The number of Topliss-reactive ketones (excluding diaryl/α,β-unsaturated/α-hetero) is 1. The van der Waals surface area contributed by atoms with Crippen molar-refractivity contribution in [3.63, 3.8) is 0 Å². The molecule has 160 valence electrons. The van der Waals surface area contributed by atoms with Gasteiger partial charge in [-0.25, -0.2) is 4.79 Å². The first-order valence-corrected chi connectivity index (χ1v) is 9.95. The van der Waals surface area contributed by atoms with E-state index in [1.54, 1.807) is 72.8 Å². The third-order valence-electron chi connectivity index (χ3n) is 5.50. The lowest BCUT2D eigenvalue weighted by atomic mass is 9.89. The van der Waals surface area contributed by atoms with Crippen LogP contribution in [0.25, 0.3) is 0 Å². The van der Waals surface area contributed by atoms with Gasteiger partial charge in [0, 0.05) is 23.3 Å². The van der Waals surface area contributed by atoms with Gasteiger partial charge in [0.15, 0.2) is 11.3 Å². The average Bonchev–Trinajstić information content (AvgIpc) is 3.26. The Morgan fingerprint density at radius 1 is 0.969 bits per heavy atom. The Morgan fingerprint density at radius 3 is 2.25 bits per heavy atom. The number of carbonyl (C=O) groups excluding carboxylic acids is 2. The molecule has 4 rings (SSSR count). The number of nitro groups is 1. The normalized spacial score (nSPS) is 19.8. The summed E-state index contributed by atoms with van der Waals surface area (Å²) in [5.74, 6) is -0.869. The maximum Gasteiger partial charge on any atom is 0.334 e. The van der Waals surface area contributed by atoms with Gasteiger partial charge in [0.1, 0.15) is 0 Å². The van der Waals surface area contributed by atoms with E-state index < -0.39 is 22.5 Å². The van der Waals surface area contributed by atoms with Gasteiger partial charge in [-0.05, 0) is 17.2 Å². The summed E-state index contributed by atoms with van der Waals surface area (Å²) >= 11 is 0. The zero-order valence-electron chi connectivity index (χ0n) is 17.2. The number of hydrogen-bond donors (Lipinski definition) is 1. The Morgan fingerprint density at radius 2 is 1.62 bits per heavy atom. The molecular formula is C25H20N2O5. The van der Waals surface area contributed by atoms with E-state index in [1.165, 1.54) is 19.2 Å². The van der Waals surface area contributed by atoms with Crippen molar-refractivity contribution in [1.29, 1.82) is 0 Å². The molecule has 0 amide bonds. The molecule has 0 saturated carbocycles. The predicted octanol–water partition coefficient (Wildman–Crippen LogP) is 4.12. The molecular weight excluding hydrogens is 408 g/mol. The molecule has 7 heteroatoms. The van der Waals surface area contributed by atoms with Crippen LogP contribution in [0.5, 0.6) is 0 Å². The Kier molecular flexibility index (Phi) is 5.66. The predicted molar refractivity (Wildman–Crippen MR) is 118 cm³/mol. The summed E-state index contributed by atoms with van der Waals surface area (Å²) in [6.07, 6.45) is 1.58. The molecule has 1 N–H and O–H groups in total. The highest BCUT2D eigenvalue weighted by Gasteiger charge is 2.49.